The van der Waals surface area contributed by atoms with E-state index in [0.717, 1.165) is 63.8 Å². The summed E-state index contributed by atoms with van der Waals surface area (Å²) in [5, 5.41) is 16.9. The van der Waals surface area contributed by atoms with Gasteiger partial charge in [0.2, 0.25) is 0 Å². The summed E-state index contributed by atoms with van der Waals surface area (Å²) in [5.41, 5.74) is 2.49. The molecule has 1 aliphatic heterocycles. The number of piperidine rings is 1. The molecule has 4 aromatic heterocycles. The molecule has 0 aromatic carbocycles. The van der Waals surface area contributed by atoms with Crippen LogP contribution in [0.25, 0.3) is 20.7 Å². The fourth-order valence-electron chi connectivity index (χ4n) is 4.02. The molecule has 164 valence electrons. The van der Waals surface area contributed by atoms with Crippen LogP contribution < -0.4 is 10.2 Å². The van der Waals surface area contributed by atoms with Crippen molar-refractivity contribution in [1.29, 1.82) is 0 Å². The van der Waals surface area contributed by atoms with E-state index >= 15 is 0 Å². The van der Waals surface area contributed by atoms with Crippen LogP contribution in [-0.2, 0) is 6.42 Å². The van der Waals surface area contributed by atoms with Gasteiger partial charge in [0.25, 0.3) is 5.91 Å². The third-order valence-electron chi connectivity index (χ3n) is 5.75. The lowest BCUT2D eigenvalue weighted by atomic mass is 10.0. The number of hydrogen-bond acceptors (Lipinski definition) is 8. The second-order valence-corrected chi connectivity index (χ2v) is 9.83. The van der Waals surface area contributed by atoms with Crippen molar-refractivity contribution < 1.29 is 4.79 Å². The molecule has 1 amide bonds. The number of carbonyl (C=O) groups is 1. The highest BCUT2D eigenvalue weighted by atomic mass is 32.1. The van der Waals surface area contributed by atoms with Crippen molar-refractivity contribution in [3.05, 3.63) is 52.2 Å². The van der Waals surface area contributed by atoms with E-state index in [4.69, 9.17) is 0 Å². The normalized spacial score (nSPS) is 16.4. The minimum Gasteiger partial charge on any atom is -0.315 e. The zero-order chi connectivity index (χ0) is 22.1. The third kappa shape index (κ3) is 3.92. The van der Waals surface area contributed by atoms with E-state index < -0.39 is 0 Å². The van der Waals surface area contributed by atoms with Gasteiger partial charge in [-0.1, -0.05) is 18.3 Å². The Labute approximate surface area is 194 Å². The molecule has 1 aliphatic rings. The minimum atomic E-state index is -0.122. The van der Waals surface area contributed by atoms with Crippen LogP contribution in [-0.4, -0.2) is 45.2 Å². The van der Waals surface area contributed by atoms with Crippen molar-refractivity contribution in [2.24, 2.45) is 0 Å². The first-order chi connectivity index (χ1) is 15.7. The number of thiophene rings is 1. The summed E-state index contributed by atoms with van der Waals surface area (Å²) >= 11 is 3.19. The second-order valence-electron chi connectivity index (χ2n) is 7.89. The summed E-state index contributed by atoms with van der Waals surface area (Å²) in [6, 6.07) is 5.74. The zero-order valence-corrected chi connectivity index (χ0v) is 19.7. The number of fused-ring (bicyclic) bond motifs is 1. The number of carbonyl (C=O) groups excluding carboxylic acids is 1. The molecular weight excluding hydrogens is 440 g/mol. The van der Waals surface area contributed by atoms with Gasteiger partial charge in [0, 0.05) is 29.9 Å². The zero-order valence-electron chi connectivity index (χ0n) is 18.0. The van der Waals surface area contributed by atoms with Gasteiger partial charge < -0.3 is 5.32 Å². The average Bonchev–Trinajstić information content (AvgIpc) is 3.48. The fraction of sp³-hybridized carbons (Fsp3) is 0.348. The lowest BCUT2D eigenvalue weighted by molar-refractivity contribution is 0.0967. The SMILES string of the molecule is CCc1nnc(-c2ccc(C(=O)N(c3nccc4c(C)csc34)[C@@H]3CCCNC3)nc2)s1. The van der Waals surface area contributed by atoms with Crippen molar-refractivity contribution in [3.8, 4) is 10.6 Å². The van der Waals surface area contributed by atoms with Crippen LogP contribution in [0.4, 0.5) is 5.82 Å². The quantitative estimate of drug-likeness (QED) is 0.469. The summed E-state index contributed by atoms with van der Waals surface area (Å²) < 4.78 is 1.04. The fourth-order valence-corrected chi connectivity index (χ4v) is 5.82. The van der Waals surface area contributed by atoms with Gasteiger partial charge in [-0.25, -0.2) is 4.98 Å². The van der Waals surface area contributed by atoms with Crippen LogP contribution in [0, 0.1) is 6.92 Å². The molecule has 0 spiro atoms. The highest BCUT2D eigenvalue weighted by molar-refractivity contribution is 7.18. The van der Waals surface area contributed by atoms with Gasteiger partial charge in [-0.05, 0) is 61.9 Å². The number of nitrogens with zero attached hydrogens (tertiary/aromatic N) is 5. The molecule has 4 aromatic rings. The monoisotopic (exact) mass is 464 g/mol. The first-order valence-electron chi connectivity index (χ1n) is 10.8. The molecule has 5 heterocycles. The molecule has 1 N–H and O–H groups in total. The first-order valence-corrected chi connectivity index (χ1v) is 12.5. The smallest absolute Gasteiger partial charge is 0.278 e. The van der Waals surface area contributed by atoms with E-state index in [0.29, 0.717) is 5.69 Å². The standard InChI is InChI=1S/C23H24N6OS2/c1-3-19-27-28-22(32-19)15-6-7-18(26-11-15)23(30)29(16-5-4-9-24-12-16)21-20-17(8-10-25-21)14(2)13-31-20/h6-8,10-11,13,16,24H,3-5,9,12H2,1-2H3/t16-/m1/s1. The van der Waals surface area contributed by atoms with Gasteiger partial charge in [-0.3, -0.25) is 14.7 Å². The van der Waals surface area contributed by atoms with Crippen molar-refractivity contribution in [2.75, 3.05) is 18.0 Å². The number of nitrogens with one attached hydrogen (secondary N) is 1. The van der Waals surface area contributed by atoms with Gasteiger partial charge in [-0.2, -0.15) is 0 Å². The lowest BCUT2D eigenvalue weighted by Gasteiger charge is -2.34. The Kier molecular flexibility index (Phi) is 5.95. The predicted octanol–water partition coefficient (Wildman–Crippen LogP) is 4.48. The highest BCUT2D eigenvalue weighted by Gasteiger charge is 2.31. The van der Waals surface area contributed by atoms with E-state index in [1.807, 2.05) is 17.0 Å². The molecule has 1 saturated heterocycles. The number of hydrogen-bond donors (Lipinski definition) is 1. The number of anilines is 1. The third-order valence-corrected chi connectivity index (χ3v) is 7.97. The molecule has 1 fully saturated rings. The van der Waals surface area contributed by atoms with Crippen LogP contribution in [0.3, 0.4) is 0 Å². The summed E-state index contributed by atoms with van der Waals surface area (Å²) in [6.07, 6.45) is 6.33. The van der Waals surface area contributed by atoms with Crippen LogP contribution in [0.1, 0.15) is 40.8 Å². The largest absolute Gasteiger partial charge is 0.315 e. The molecule has 0 unspecified atom stereocenters. The first kappa shape index (κ1) is 21.1. The van der Waals surface area contributed by atoms with Gasteiger partial charge in [0.15, 0.2) is 5.82 Å². The van der Waals surface area contributed by atoms with Gasteiger partial charge in [-0.15, -0.1) is 21.5 Å². The Bertz CT molecular complexity index is 1240. The van der Waals surface area contributed by atoms with Gasteiger partial charge in [0.05, 0.1) is 10.7 Å². The second kappa shape index (κ2) is 9.01. The maximum atomic E-state index is 13.8. The van der Waals surface area contributed by atoms with E-state index in [1.165, 1.54) is 5.56 Å². The predicted molar refractivity (Wildman–Crippen MR) is 130 cm³/mol. The Hall–Kier alpha value is -2.75. The molecule has 32 heavy (non-hydrogen) atoms. The van der Waals surface area contributed by atoms with Crippen LogP contribution >= 0.6 is 22.7 Å². The molecule has 0 saturated carbocycles. The van der Waals surface area contributed by atoms with Crippen LogP contribution in [0.2, 0.25) is 0 Å². The van der Waals surface area contributed by atoms with Crippen LogP contribution in [0.15, 0.2) is 36.0 Å². The summed E-state index contributed by atoms with van der Waals surface area (Å²) in [4.78, 5) is 24.8. The maximum absolute atomic E-state index is 13.8. The Morgan fingerprint density at radius 2 is 2.16 bits per heavy atom. The average molecular weight is 465 g/mol. The molecule has 9 heteroatoms. The summed E-state index contributed by atoms with van der Waals surface area (Å²) in [7, 11) is 0. The Morgan fingerprint density at radius 3 is 2.88 bits per heavy atom. The van der Waals surface area contributed by atoms with E-state index in [-0.39, 0.29) is 11.9 Å². The number of aromatic nitrogens is 4. The number of rotatable bonds is 5. The molecule has 0 radical (unpaired) electrons. The van der Waals surface area contributed by atoms with Crippen molar-refractivity contribution in [3.63, 3.8) is 0 Å². The number of pyridine rings is 2. The number of aryl methyl sites for hydroxylation is 2. The molecule has 1 atom stereocenters. The highest BCUT2D eigenvalue weighted by Crippen LogP contribution is 2.35. The number of amides is 1. The van der Waals surface area contributed by atoms with Crippen molar-refractivity contribution in [1.82, 2.24) is 25.5 Å². The van der Waals surface area contributed by atoms with Crippen molar-refractivity contribution >= 4 is 44.5 Å². The summed E-state index contributed by atoms with van der Waals surface area (Å²) in [5.74, 6) is 0.602. The Morgan fingerprint density at radius 1 is 1.25 bits per heavy atom. The molecule has 0 bridgehead atoms. The molecule has 7 nitrogen and oxygen atoms in total. The van der Waals surface area contributed by atoms with E-state index in [1.54, 1.807) is 41.1 Å². The lowest BCUT2D eigenvalue weighted by Crippen LogP contribution is -2.49. The topological polar surface area (TPSA) is 83.9 Å². The van der Waals surface area contributed by atoms with E-state index in [9.17, 15) is 4.79 Å². The molecular formula is C23H24N6OS2. The maximum Gasteiger partial charge on any atom is 0.278 e. The van der Waals surface area contributed by atoms with Crippen molar-refractivity contribution in [2.45, 2.75) is 39.2 Å². The van der Waals surface area contributed by atoms with Gasteiger partial charge in [0.1, 0.15) is 15.7 Å². The molecule has 0 aliphatic carbocycles. The molecule has 5 rings (SSSR count). The Balaban J connectivity index is 1.52. The van der Waals surface area contributed by atoms with Gasteiger partial charge >= 0.3 is 0 Å². The van der Waals surface area contributed by atoms with E-state index in [2.05, 4.69) is 44.7 Å². The summed E-state index contributed by atoms with van der Waals surface area (Å²) in [6.45, 7) is 5.87. The minimum absolute atomic E-state index is 0.0357. The van der Waals surface area contributed by atoms with Crippen LogP contribution in [0.5, 0.6) is 0 Å².